The number of fused-ring (bicyclic) bond motifs is 1. The molecular weight excluding hydrogens is 440 g/mol. The number of rotatable bonds is 8. The van der Waals surface area contributed by atoms with Crippen LogP contribution in [0.1, 0.15) is 19.3 Å². The third-order valence-electron chi connectivity index (χ3n) is 6.52. The number of ether oxygens (including phenoxy) is 2. The van der Waals surface area contributed by atoms with E-state index in [1.807, 2.05) is 37.4 Å². The fourth-order valence-electron chi connectivity index (χ4n) is 4.67. The van der Waals surface area contributed by atoms with Crippen LogP contribution in [0, 0.1) is 0 Å². The number of nitrogens with two attached hydrogens (primary N) is 1. The van der Waals surface area contributed by atoms with Gasteiger partial charge in [-0.15, -0.1) is 0 Å². The maximum absolute atomic E-state index is 6.33. The van der Waals surface area contributed by atoms with Gasteiger partial charge in [0.25, 0.3) is 0 Å². The van der Waals surface area contributed by atoms with Gasteiger partial charge in [0, 0.05) is 48.5 Å². The Labute approximate surface area is 205 Å². The summed E-state index contributed by atoms with van der Waals surface area (Å²) in [6.07, 6.45) is 7.69. The first kappa shape index (κ1) is 23.0. The van der Waals surface area contributed by atoms with Crippen molar-refractivity contribution >= 4 is 28.2 Å². The molecule has 5 rings (SSSR count). The van der Waals surface area contributed by atoms with Crippen molar-refractivity contribution in [2.24, 2.45) is 7.05 Å². The largest absolute Gasteiger partial charge is 0.494 e. The zero-order chi connectivity index (χ0) is 24.2. The van der Waals surface area contributed by atoms with Crippen molar-refractivity contribution in [2.45, 2.75) is 19.3 Å². The highest BCUT2D eigenvalue weighted by atomic mass is 16.5. The lowest BCUT2D eigenvalue weighted by molar-refractivity contribution is 0.183. The average Bonchev–Trinajstić information content (AvgIpc) is 3.23. The number of para-hydroxylation sites is 1. The molecule has 0 atom stereocenters. The molecule has 1 aliphatic heterocycles. The quantitative estimate of drug-likeness (QED) is 0.355. The summed E-state index contributed by atoms with van der Waals surface area (Å²) in [7, 11) is 3.66. The molecule has 0 radical (unpaired) electrons. The van der Waals surface area contributed by atoms with Crippen molar-refractivity contribution in [2.75, 3.05) is 44.4 Å². The highest BCUT2D eigenvalue weighted by molar-refractivity contribution is 5.95. The van der Waals surface area contributed by atoms with Crippen LogP contribution in [0.5, 0.6) is 11.5 Å². The molecule has 182 valence electrons. The van der Waals surface area contributed by atoms with E-state index >= 15 is 0 Å². The fourth-order valence-corrected chi connectivity index (χ4v) is 4.67. The summed E-state index contributed by atoms with van der Waals surface area (Å²) in [6, 6.07) is 13.8. The van der Waals surface area contributed by atoms with E-state index < -0.39 is 0 Å². The maximum Gasteiger partial charge on any atom is 0.227 e. The topological polar surface area (TPSA) is 90.5 Å². The van der Waals surface area contributed by atoms with E-state index in [0.29, 0.717) is 35.4 Å². The predicted octanol–water partition coefficient (Wildman–Crippen LogP) is 4.83. The summed E-state index contributed by atoms with van der Waals surface area (Å²) in [5.74, 6) is 1.70. The number of likely N-dealkylation sites (tertiary alicyclic amines) is 1. The Balaban J connectivity index is 1.33. The number of aryl methyl sites for hydroxylation is 1. The Bertz CT molecular complexity index is 1310. The van der Waals surface area contributed by atoms with Crippen LogP contribution in [-0.4, -0.2) is 52.8 Å². The molecule has 4 aromatic rings. The third-order valence-corrected chi connectivity index (χ3v) is 6.52. The van der Waals surface area contributed by atoms with Gasteiger partial charge in [0.1, 0.15) is 18.1 Å². The van der Waals surface area contributed by atoms with Crippen LogP contribution in [-0.2, 0) is 7.05 Å². The lowest BCUT2D eigenvalue weighted by Crippen LogP contribution is -2.33. The van der Waals surface area contributed by atoms with Gasteiger partial charge in [-0.1, -0.05) is 24.6 Å². The van der Waals surface area contributed by atoms with Gasteiger partial charge in [-0.05, 0) is 44.1 Å². The SMILES string of the molecule is COc1cc(OCCN2CCCCC2)c(N)cc1Nc1nccc(-c2cn(C)c3ccccc23)n1. The molecular formula is C27H32N6O2. The van der Waals surface area contributed by atoms with Crippen molar-refractivity contribution in [1.29, 1.82) is 0 Å². The zero-order valence-corrected chi connectivity index (χ0v) is 20.3. The molecule has 2 aromatic heterocycles. The number of nitrogens with one attached hydrogen (secondary N) is 1. The maximum atomic E-state index is 6.33. The predicted molar refractivity (Wildman–Crippen MR) is 140 cm³/mol. The van der Waals surface area contributed by atoms with Gasteiger partial charge in [0.2, 0.25) is 5.95 Å². The highest BCUT2D eigenvalue weighted by Crippen LogP contribution is 2.36. The number of aromatic nitrogens is 3. The van der Waals surface area contributed by atoms with E-state index in [1.165, 1.54) is 19.3 Å². The van der Waals surface area contributed by atoms with Crippen LogP contribution < -0.4 is 20.5 Å². The van der Waals surface area contributed by atoms with Crippen LogP contribution in [0.3, 0.4) is 0 Å². The molecule has 0 saturated carbocycles. The van der Waals surface area contributed by atoms with Crippen molar-refractivity contribution in [1.82, 2.24) is 19.4 Å². The summed E-state index contributed by atoms with van der Waals surface area (Å²) >= 11 is 0. The lowest BCUT2D eigenvalue weighted by Gasteiger charge is -2.26. The molecule has 0 bridgehead atoms. The van der Waals surface area contributed by atoms with Crippen molar-refractivity contribution in [3.63, 3.8) is 0 Å². The minimum Gasteiger partial charge on any atom is -0.494 e. The second-order valence-electron chi connectivity index (χ2n) is 8.90. The number of methoxy groups -OCH3 is 1. The summed E-state index contributed by atoms with van der Waals surface area (Å²) in [5.41, 5.74) is 10.6. The summed E-state index contributed by atoms with van der Waals surface area (Å²) < 4.78 is 13.7. The second kappa shape index (κ2) is 10.2. The van der Waals surface area contributed by atoms with E-state index in [-0.39, 0.29) is 0 Å². The number of piperidine rings is 1. The molecule has 35 heavy (non-hydrogen) atoms. The van der Waals surface area contributed by atoms with E-state index in [1.54, 1.807) is 13.3 Å². The Kier molecular flexibility index (Phi) is 6.72. The van der Waals surface area contributed by atoms with Gasteiger partial charge in [0.05, 0.1) is 24.2 Å². The Hall–Kier alpha value is -3.78. The van der Waals surface area contributed by atoms with Gasteiger partial charge < -0.3 is 25.1 Å². The molecule has 0 aliphatic carbocycles. The minimum atomic E-state index is 0.465. The first-order valence-corrected chi connectivity index (χ1v) is 12.1. The third kappa shape index (κ3) is 5.02. The van der Waals surface area contributed by atoms with Crippen molar-refractivity contribution in [3.8, 4) is 22.8 Å². The van der Waals surface area contributed by atoms with Crippen LogP contribution >= 0.6 is 0 Å². The molecule has 3 N–H and O–H groups in total. The number of hydrogen-bond donors (Lipinski definition) is 2. The second-order valence-corrected chi connectivity index (χ2v) is 8.90. The van der Waals surface area contributed by atoms with Gasteiger partial charge in [0.15, 0.2) is 0 Å². The first-order valence-electron chi connectivity index (χ1n) is 12.1. The molecule has 0 unspecified atom stereocenters. The summed E-state index contributed by atoms with van der Waals surface area (Å²) in [4.78, 5) is 11.6. The number of hydrogen-bond acceptors (Lipinski definition) is 7. The fraction of sp³-hybridized carbons (Fsp3) is 0.333. The molecule has 3 heterocycles. The molecule has 1 saturated heterocycles. The molecule has 0 spiro atoms. The Morgan fingerprint density at radius 3 is 2.71 bits per heavy atom. The van der Waals surface area contributed by atoms with E-state index in [2.05, 4.69) is 38.1 Å². The minimum absolute atomic E-state index is 0.465. The van der Waals surface area contributed by atoms with Crippen LogP contribution in [0.4, 0.5) is 17.3 Å². The molecule has 2 aromatic carbocycles. The van der Waals surface area contributed by atoms with Gasteiger partial charge in [-0.3, -0.25) is 4.90 Å². The monoisotopic (exact) mass is 472 g/mol. The standard InChI is InChI=1S/C27H32N6O2/c1-32-18-20(19-8-4-5-9-24(19)32)22-10-11-29-27(30-22)31-23-16-21(28)25(17-26(23)34-2)35-15-14-33-12-6-3-7-13-33/h4-5,8-11,16-18H,3,6-7,12-15,28H2,1-2H3,(H,29,30,31). The summed E-state index contributed by atoms with van der Waals surface area (Å²) in [5, 5.41) is 4.41. The number of anilines is 3. The highest BCUT2D eigenvalue weighted by Gasteiger charge is 2.15. The molecule has 1 fully saturated rings. The van der Waals surface area contributed by atoms with Crippen LogP contribution in [0.2, 0.25) is 0 Å². The van der Waals surface area contributed by atoms with Crippen LogP contribution in [0.25, 0.3) is 22.2 Å². The molecule has 8 nitrogen and oxygen atoms in total. The number of nitrogens with zero attached hydrogens (tertiary/aromatic N) is 4. The van der Waals surface area contributed by atoms with Crippen molar-refractivity contribution in [3.05, 3.63) is 54.9 Å². The smallest absolute Gasteiger partial charge is 0.227 e. The van der Waals surface area contributed by atoms with E-state index in [9.17, 15) is 0 Å². The Morgan fingerprint density at radius 2 is 1.89 bits per heavy atom. The van der Waals surface area contributed by atoms with E-state index in [0.717, 1.165) is 41.8 Å². The number of benzene rings is 2. The van der Waals surface area contributed by atoms with Gasteiger partial charge in [-0.25, -0.2) is 9.97 Å². The van der Waals surface area contributed by atoms with Crippen molar-refractivity contribution < 1.29 is 9.47 Å². The first-order chi connectivity index (χ1) is 17.1. The van der Waals surface area contributed by atoms with Crippen LogP contribution in [0.15, 0.2) is 54.9 Å². The van der Waals surface area contributed by atoms with Gasteiger partial charge >= 0.3 is 0 Å². The normalized spacial score (nSPS) is 14.2. The lowest BCUT2D eigenvalue weighted by atomic mass is 10.1. The average molecular weight is 473 g/mol. The Morgan fingerprint density at radius 1 is 1.06 bits per heavy atom. The molecule has 8 heteroatoms. The molecule has 1 aliphatic rings. The molecule has 0 amide bonds. The zero-order valence-electron chi connectivity index (χ0n) is 20.3. The summed E-state index contributed by atoms with van der Waals surface area (Å²) in [6.45, 7) is 3.78. The van der Waals surface area contributed by atoms with Gasteiger partial charge in [-0.2, -0.15) is 0 Å². The van der Waals surface area contributed by atoms with E-state index in [4.69, 9.17) is 20.2 Å². The number of nitrogen functional groups attached to an aromatic ring is 1.